The lowest BCUT2D eigenvalue weighted by atomic mass is 10.0. The van der Waals surface area contributed by atoms with E-state index in [2.05, 4.69) is 6.92 Å². The van der Waals surface area contributed by atoms with Crippen molar-refractivity contribution < 1.29 is 35.4 Å². The summed E-state index contributed by atoms with van der Waals surface area (Å²) in [4.78, 5) is 0. The zero-order chi connectivity index (χ0) is 14.8. The van der Waals surface area contributed by atoms with Crippen LogP contribution in [-0.2, 0) is 4.74 Å². The predicted molar refractivity (Wildman–Crippen MR) is 67.2 cm³/mol. The summed E-state index contributed by atoms with van der Waals surface area (Å²) in [6.07, 6.45) is -1.79. The maximum absolute atomic E-state index is 9.11. The maximum Gasteiger partial charge on any atom is 0.157 e. The van der Waals surface area contributed by atoms with Gasteiger partial charge in [-0.05, 0) is 6.42 Å². The van der Waals surface area contributed by atoms with Crippen LogP contribution in [0, 0.1) is 0 Å². The first kappa shape index (κ1) is 18.7. The standard InChI is InChI=1S/C6H12O5.C6H14O2/c7-2-4-6(10)3(8)1-5(9)11-4;1-2-3-4-6(8)5-7/h3-10H,1-2H2;6-8H,2-5H2,1H3. The van der Waals surface area contributed by atoms with Crippen LogP contribution < -0.4 is 0 Å². The molecule has 0 aromatic carbocycles. The summed E-state index contributed by atoms with van der Waals surface area (Å²) in [5.41, 5.74) is 0. The molecule has 1 fully saturated rings. The largest absolute Gasteiger partial charge is 0.394 e. The Labute approximate surface area is 113 Å². The predicted octanol–water partition coefficient (Wildman–Crippen LogP) is -1.66. The van der Waals surface area contributed by atoms with Crippen LogP contribution in [0.2, 0.25) is 0 Å². The molecule has 19 heavy (non-hydrogen) atoms. The van der Waals surface area contributed by atoms with E-state index < -0.39 is 37.3 Å². The Morgan fingerprint density at radius 2 is 1.84 bits per heavy atom. The monoisotopic (exact) mass is 282 g/mol. The van der Waals surface area contributed by atoms with E-state index in [-0.39, 0.29) is 13.0 Å². The average molecular weight is 282 g/mol. The second kappa shape index (κ2) is 10.5. The van der Waals surface area contributed by atoms with Crippen molar-refractivity contribution in [1.29, 1.82) is 0 Å². The lowest BCUT2D eigenvalue weighted by Gasteiger charge is -2.33. The van der Waals surface area contributed by atoms with Gasteiger partial charge in [0, 0.05) is 6.42 Å². The molecule has 7 nitrogen and oxygen atoms in total. The average Bonchev–Trinajstić information content (AvgIpc) is 2.40. The van der Waals surface area contributed by atoms with Gasteiger partial charge in [-0.15, -0.1) is 0 Å². The van der Waals surface area contributed by atoms with E-state index in [0.29, 0.717) is 0 Å². The number of aliphatic hydroxyl groups excluding tert-OH is 6. The van der Waals surface area contributed by atoms with Gasteiger partial charge in [0.25, 0.3) is 0 Å². The van der Waals surface area contributed by atoms with Crippen molar-refractivity contribution >= 4 is 0 Å². The Hall–Kier alpha value is -0.280. The minimum atomic E-state index is -1.11. The normalized spacial score (nSPS) is 32.4. The highest BCUT2D eigenvalue weighted by Gasteiger charge is 2.35. The lowest BCUT2D eigenvalue weighted by molar-refractivity contribution is -0.239. The molecule has 0 spiro atoms. The fraction of sp³-hybridized carbons (Fsp3) is 1.00. The van der Waals surface area contributed by atoms with Crippen LogP contribution in [0.1, 0.15) is 32.6 Å². The van der Waals surface area contributed by atoms with Crippen LogP contribution in [0.4, 0.5) is 0 Å². The van der Waals surface area contributed by atoms with Gasteiger partial charge in [-0.3, -0.25) is 0 Å². The molecule has 1 aliphatic heterocycles. The van der Waals surface area contributed by atoms with Crippen molar-refractivity contribution in [3.05, 3.63) is 0 Å². The molecule has 0 aromatic heterocycles. The van der Waals surface area contributed by atoms with Crippen molar-refractivity contribution in [2.75, 3.05) is 13.2 Å². The van der Waals surface area contributed by atoms with Crippen LogP contribution in [0.5, 0.6) is 0 Å². The van der Waals surface area contributed by atoms with E-state index >= 15 is 0 Å². The third kappa shape index (κ3) is 7.78. The fourth-order valence-electron chi connectivity index (χ4n) is 1.61. The molecule has 0 amide bonds. The highest BCUT2D eigenvalue weighted by molar-refractivity contribution is 4.81. The number of unbranched alkanes of at least 4 members (excludes halogenated alkanes) is 1. The van der Waals surface area contributed by atoms with Crippen LogP contribution in [-0.4, -0.2) is 74.6 Å². The molecule has 1 rings (SSSR count). The molecule has 7 heteroatoms. The first-order chi connectivity index (χ1) is 8.96. The Kier molecular flexibility index (Phi) is 10.3. The second-order valence-corrected chi connectivity index (χ2v) is 4.58. The summed E-state index contributed by atoms with van der Waals surface area (Å²) in [7, 11) is 0. The smallest absolute Gasteiger partial charge is 0.157 e. The molecule has 6 N–H and O–H groups in total. The van der Waals surface area contributed by atoms with Gasteiger partial charge in [0.15, 0.2) is 6.29 Å². The van der Waals surface area contributed by atoms with Crippen molar-refractivity contribution in [2.45, 2.75) is 63.3 Å². The fourth-order valence-corrected chi connectivity index (χ4v) is 1.61. The molecule has 0 saturated carbocycles. The van der Waals surface area contributed by atoms with Crippen molar-refractivity contribution in [3.8, 4) is 0 Å². The molecular formula is C12H26O7. The molecule has 1 heterocycles. The Balaban J connectivity index is 0.000000362. The summed E-state index contributed by atoms with van der Waals surface area (Å²) >= 11 is 0. The number of hydrogen-bond donors (Lipinski definition) is 6. The SMILES string of the molecule is CCCCC(O)CO.OCC1OC(O)CC(O)C1O. The van der Waals surface area contributed by atoms with Gasteiger partial charge in [-0.25, -0.2) is 0 Å². The third-order valence-corrected chi connectivity index (χ3v) is 2.83. The molecule has 116 valence electrons. The quantitative estimate of drug-likeness (QED) is 0.356. The van der Waals surface area contributed by atoms with E-state index in [1.165, 1.54) is 0 Å². The van der Waals surface area contributed by atoms with Crippen molar-refractivity contribution in [3.63, 3.8) is 0 Å². The molecule has 5 atom stereocenters. The van der Waals surface area contributed by atoms with Crippen LogP contribution >= 0.6 is 0 Å². The Bertz CT molecular complexity index is 214. The number of ether oxygens (including phenoxy) is 1. The summed E-state index contributed by atoms with van der Waals surface area (Å²) in [6.45, 7) is 1.55. The zero-order valence-electron chi connectivity index (χ0n) is 11.2. The van der Waals surface area contributed by atoms with Crippen LogP contribution in [0.3, 0.4) is 0 Å². The maximum atomic E-state index is 9.11. The summed E-state index contributed by atoms with van der Waals surface area (Å²) in [6, 6.07) is 0. The van der Waals surface area contributed by atoms with Gasteiger partial charge in [0.1, 0.15) is 12.2 Å². The highest BCUT2D eigenvalue weighted by atomic mass is 16.6. The number of hydrogen-bond acceptors (Lipinski definition) is 7. The topological polar surface area (TPSA) is 131 Å². The number of aliphatic hydroxyl groups is 6. The first-order valence-electron chi connectivity index (χ1n) is 6.55. The van der Waals surface area contributed by atoms with Crippen molar-refractivity contribution in [2.24, 2.45) is 0 Å². The molecular weight excluding hydrogens is 256 g/mol. The Morgan fingerprint density at radius 3 is 2.32 bits per heavy atom. The zero-order valence-corrected chi connectivity index (χ0v) is 11.2. The summed E-state index contributed by atoms with van der Waals surface area (Å²) in [5, 5.41) is 52.7. The third-order valence-electron chi connectivity index (χ3n) is 2.83. The summed E-state index contributed by atoms with van der Waals surface area (Å²) in [5.74, 6) is 0. The minimum Gasteiger partial charge on any atom is -0.394 e. The van der Waals surface area contributed by atoms with Crippen LogP contribution in [0.25, 0.3) is 0 Å². The second-order valence-electron chi connectivity index (χ2n) is 4.58. The minimum absolute atomic E-state index is 0.0162. The van der Waals surface area contributed by atoms with Crippen LogP contribution in [0.15, 0.2) is 0 Å². The van der Waals surface area contributed by atoms with E-state index in [4.69, 9.17) is 35.4 Å². The van der Waals surface area contributed by atoms with Gasteiger partial charge < -0.3 is 35.4 Å². The lowest BCUT2D eigenvalue weighted by Crippen LogP contribution is -2.49. The van der Waals surface area contributed by atoms with E-state index in [1.807, 2.05) is 0 Å². The molecule has 1 saturated heterocycles. The van der Waals surface area contributed by atoms with Gasteiger partial charge >= 0.3 is 0 Å². The molecule has 0 bridgehead atoms. The van der Waals surface area contributed by atoms with E-state index in [1.54, 1.807) is 0 Å². The van der Waals surface area contributed by atoms with Gasteiger partial charge in [-0.1, -0.05) is 19.8 Å². The van der Waals surface area contributed by atoms with E-state index in [0.717, 1.165) is 19.3 Å². The number of rotatable bonds is 5. The van der Waals surface area contributed by atoms with Crippen molar-refractivity contribution in [1.82, 2.24) is 0 Å². The molecule has 0 aliphatic carbocycles. The molecule has 1 aliphatic rings. The van der Waals surface area contributed by atoms with E-state index in [9.17, 15) is 0 Å². The molecule has 0 aromatic rings. The van der Waals surface area contributed by atoms with Gasteiger partial charge in [-0.2, -0.15) is 0 Å². The first-order valence-corrected chi connectivity index (χ1v) is 6.55. The van der Waals surface area contributed by atoms with Gasteiger partial charge in [0.05, 0.1) is 25.4 Å². The van der Waals surface area contributed by atoms with Gasteiger partial charge in [0.2, 0.25) is 0 Å². The Morgan fingerprint density at radius 1 is 1.21 bits per heavy atom. The molecule has 0 radical (unpaired) electrons. The molecule has 5 unspecified atom stereocenters. The summed E-state index contributed by atoms with van der Waals surface area (Å²) < 4.78 is 4.71. The highest BCUT2D eigenvalue weighted by Crippen LogP contribution is 2.18.